The van der Waals surface area contributed by atoms with Crippen LogP contribution in [0.15, 0.2) is 41.3 Å². The van der Waals surface area contributed by atoms with Crippen LogP contribution in [0, 0.1) is 6.92 Å². The zero-order valence-electron chi connectivity index (χ0n) is 12.7. The summed E-state index contributed by atoms with van der Waals surface area (Å²) in [5.74, 6) is -0.644. The van der Waals surface area contributed by atoms with E-state index in [1.807, 2.05) is 0 Å². The van der Waals surface area contributed by atoms with Gasteiger partial charge in [0, 0.05) is 11.9 Å². The highest BCUT2D eigenvalue weighted by molar-refractivity contribution is 5.91. The van der Waals surface area contributed by atoms with Crippen molar-refractivity contribution in [3.63, 3.8) is 0 Å². The Labute approximate surface area is 135 Å². The predicted molar refractivity (Wildman–Crippen MR) is 81.4 cm³/mol. The number of rotatable bonds is 4. The molecule has 128 valence electrons. The summed E-state index contributed by atoms with van der Waals surface area (Å²) in [4.78, 5) is 23.8. The van der Waals surface area contributed by atoms with Crippen LogP contribution in [0.3, 0.4) is 0 Å². The average molecular weight is 340 g/mol. The number of hydrogen-bond acceptors (Lipinski definition) is 3. The van der Waals surface area contributed by atoms with E-state index in [1.54, 1.807) is 25.1 Å². The molecule has 0 fully saturated rings. The smallest absolute Gasteiger partial charge is 0.392 e. The maximum absolute atomic E-state index is 12.7. The fourth-order valence-electron chi connectivity index (χ4n) is 2.12. The molecular formula is C16H15F3N2O3. The minimum absolute atomic E-state index is 0.212. The second-order valence-corrected chi connectivity index (χ2v) is 5.21. The van der Waals surface area contributed by atoms with E-state index in [1.165, 1.54) is 0 Å². The largest absolute Gasteiger partial charge is 0.421 e. The maximum Gasteiger partial charge on any atom is 0.421 e. The highest BCUT2D eigenvalue weighted by Gasteiger charge is 2.34. The monoisotopic (exact) mass is 340 g/mol. The van der Waals surface area contributed by atoms with Crippen molar-refractivity contribution in [1.29, 1.82) is 0 Å². The Morgan fingerprint density at radius 3 is 2.62 bits per heavy atom. The first-order chi connectivity index (χ1) is 11.2. The second kappa shape index (κ2) is 6.88. The summed E-state index contributed by atoms with van der Waals surface area (Å²) in [5, 5.41) is 11.6. The standard InChI is InChI=1S/C16H15F3N2O3/c1-10-4-5-11(9-22)7-13(10)20-14(23)8-21-6-2-3-12(15(21)24)16(17,18)19/h2-7,22H,8-9H2,1H3,(H,20,23). The number of carbonyl (C=O) groups is 1. The van der Waals surface area contributed by atoms with Gasteiger partial charge in [0.1, 0.15) is 12.1 Å². The molecule has 2 N–H and O–H groups in total. The summed E-state index contributed by atoms with van der Waals surface area (Å²) in [7, 11) is 0. The first-order valence-corrected chi connectivity index (χ1v) is 6.99. The number of nitrogens with zero attached hydrogens (tertiary/aromatic N) is 1. The quantitative estimate of drug-likeness (QED) is 0.897. The van der Waals surface area contributed by atoms with Crippen LogP contribution in [0.1, 0.15) is 16.7 Å². The average Bonchev–Trinajstić information content (AvgIpc) is 2.50. The molecule has 8 heteroatoms. The molecule has 1 amide bonds. The van der Waals surface area contributed by atoms with Crippen molar-refractivity contribution in [2.75, 3.05) is 5.32 Å². The Morgan fingerprint density at radius 2 is 2.00 bits per heavy atom. The highest BCUT2D eigenvalue weighted by atomic mass is 19.4. The van der Waals surface area contributed by atoms with Crippen LogP contribution in [-0.2, 0) is 24.1 Å². The molecule has 0 atom stereocenters. The molecule has 0 unspecified atom stereocenters. The third-order valence-electron chi connectivity index (χ3n) is 3.40. The lowest BCUT2D eigenvalue weighted by Gasteiger charge is -2.12. The van der Waals surface area contributed by atoms with Crippen LogP contribution in [0.4, 0.5) is 18.9 Å². The van der Waals surface area contributed by atoms with Gasteiger partial charge in [0.05, 0.1) is 6.61 Å². The predicted octanol–water partition coefficient (Wildman–Crippen LogP) is 2.31. The number of nitrogens with one attached hydrogen (secondary N) is 1. The molecule has 5 nitrogen and oxygen atoms in total. The zero-order chi connectivity index (χ0) is 17.9. The number of hydrogen-bond donors (Lipinski definition) is 2. The van der Waals surface area contributed by atoms with E-state index in [0.29, 0.717) is 21.9 Å². The molecule has 0 radical (unpaired) electrons. The summed E-state index contributed by atoms with van der Waals surface area (Å²) in [6.07, 6.45) is -3.66. The van der Waals surface area contributed by atoms with Gasteiger partial charge in [0.15, 0.2) is 0 Å². The molecule has 0 spiro atoms. The van der Waals surface area contributed by atoms with Gasteiger partial charge in [-0.3, -0.25) is 9.59 Å². The van der Waals surface area contributed by atoms with Gasteiger partial charge < -0.3 is 15.0 Å². The summed E-state index contributed by atoms with van der Waals surface area (Å²) >= 11 is 0. The van der Waals surface area contributed by atoms with Crippen molar-refractivity contribution < 1.29 is 23.1 Å². The third kappa shape index (κ3) is 4.02. The number of aryl methyl sites for hydroxylation is 1. The lowest BCUT2D eigenvalue weighted by Crippen LogP contribution is -2.32. The number of carbonyl (C=O) groups excluding carboxylic acids is 1. The van der Waals surface area contributed by atoms with Crippen molar-refractivity contribution in [1.82, 2.24) is 4.57 Å². The lowest BCUT2D eigenvalue weighted by atomic mass is 10.1. The molecule has 0 bridgehead atoms. The van der Waals surface area contributed by atoms with Gasteiger partial charge in [-0.05, 0) is 36.2 Å². The number of pyridine rings is 1. The summed E-state index contributed by atoms with van der Waals surface area (Å²) in [5.41, 5.74) is -0.882. The Balaban J connectivity index is 2.21. The SMILES string of the molecule is Cc1ccc(CO)cc1NC(=O)Cn1cccc(C(F)(F)F)c1=O. The van der Waals surface area contributed by atoms with Crippen molar-refractivity contribution >= 4 is 11.6 Å². The van der Waals surface area contributed by atoms with Gasteiger partial charge in [-0.25, -0.2) is 0 Å². The summed E-state index contributed by atoms with van der Waals surface area (Å²) in [6, 6.07) is 6.67. The third-order valence-corrected chi connectivity index (χ3v) is 3.40. The van der Waals surface area contributed by atoms with Crippen molar-refractivity contribution in [3.8, 4) is 0 Å². The van der Waals surface area contributed by atoms with Crippen LogP contribution in [0.2, 0.25) is 0 Å². The van der Waals surface area contributed by atoms with Crippen LogP contribution in [-0.4, -0.2) is 15.6 Å². The molecule has 0 saturated heterocycles. The molecule has 0 saturated carbocycles. The normalized spacial score (nSPS) is 11.4. The Hall–Kier alpha value is -2.61. The first kappa shape index (κ1) is 17.7. The van der Waals surface area contributed by atoms with E-state index in [2.05, 4.69) is 5.32 Å². The molecule has 0 aliphatic carbocycles. The van der Waals surface area contributed by atoms with Gasteiger partial charge >= 0.3 is 6.18 Å². The van der Waals surface area contributed by atoms with E-state index >= 15 is 0 Å². The zero-order valence-corrected chi connectivity index (χ0v) is 12.7. The number of benzene rings is 1. The Morgan fingerprint density at radius 1 is 1.29 bits per heavy atom. The number of alkyl halides is 3. The van der Waals surface area contributed by atoms with Gasteiger partial charge in [0.2, 0.25) is 5.91 Å². The molecular weight excluding hydrogens is 325 g/mol. The number of anilines is 1. The van der Waals surface area contributed by atoms with Gasteiger partial charge in [-0.15, -0.1) is 0 Å². The fourth-order valence-corrected chi connectivity index (χ4v) is 2.12. The molecule has 1 aromatic heterocycles. The molecule has 2 rings (SSSR count). The first-order valence-electron chi connectivity index (χ1n) is 6.99. The lowest BCUT2D eigenvalue weighted by molar-refractivity contribution is -0.139. The van der Waals surface area contributed by atoms with E-state index in [0.717, 1.165) is 17.8 Å². The summed E-state index contributed by atoms with van der Waals surface area (Å²) < 4.78 is 38.8. The molecule has 1 heterocycles. The van der Waals surface area contributed by atoms with E-state index < -0.39 is 29.8 Å². The minimum atomic E-state index is -4.78. The van der Waals surface area contributed by atoms with Gasteiger partial charge in [-0.2, -0.15) is 13.2 Å². The van der Waals surface area contributed by atoms with E-state index in [9.17, 15) is 22.8 Å². The molecule has 0 aliphatic rings. The van der Waals surface area contributed by atoms with Gasteiger partial charge in [0.25, 0.3) is 5.56 Å². The number of amides is 1. The number of aliphatic hydroxyl groups is 1. The molecule has 0 aliphatic heterocycles. The Bertz CT molecular complexity index is 813. The maximum atomic E-state index is 12.7. The van der Waals surface area contributed by atoms with E-state index in [-0.39, 0.29) is 6.61 Å². The second-order valence-electron chi connectivity index (χ2n) is 5.21. The Kier molecular flexibility index (Phi) is 5.08. The van der Waals surface area contributed by atoms with Crippen molar-refractivity contribution in [2.45, 2.75) is 26.3 Å². The topological polar surface area (TPSA) is 71.3 Å². The summed E-state index contributed by atoms with van der Waals surface area (Å²) in [6.45, 7) is 0.967. The number of aliphatic hydroxyl groups excluding tert-OH is 1. The molecule has 2 aromatic rings. The molecule has 1 aromatic carbocycles. The van der Waals surface area contributed by atoms with Crippen LogP contribution in [0.25, 0.3) is 0 Å². The fraction of sp³-hybridized carbons (Fsp3) is 0.250. The van der Waals surface area contributed by atoms with Gasteiger partial charge in [-0.1, -0.05) is 12.1 Å². The van der Waals surface area contributed by atoms with Crippen LogP contribution < -0.4 is 10.9 Å². The van der Waals surface area contributed by atoms with Crippen molar-refractivity contribution in [3.05, 3.63) is 63.6 Å². The van der Waals surface area contributed by atoms with Crippen LogP contribution in [0.5, 0.6) is 0 Å². The number of halogens is 3. The van der Waals surface area contributed by atoms with Crippen molar-refractivity contribution in [2.24, 2.45) is 0 Å². The van der Waals surface area contributed by atoms with E-state index in [4.69, 9.17) is 5.11 Å². The number of aromatic nitrogens is 1. The highest BCUT2D eigenvalue weighted by Crippen LogP contribution is 2.26. The van der Waals surface area contributed by atoms with Crippen LogP contribution >= 0.6 is 0 Å². The molecule has 24 heavy (non-hydrogen) atoms. The minimum Gasteiger partial charge on any atom is -0.392 e.